The molecule has 0 spiro atoms. The molecule has 0 saturated heterocycles. The molecule has 0 aliphatic heterocycles. The Bertz CT molecular complexity index is 588. The second-order valence-electron chi connectivity index (χ2n) is 3.89. The van der Waals surface area contributed by atoms with Crippen LogP contribution in [0.1, 0.15) is 17.3 Å². The number of amides is 1. The number of hydrogen-bond donors (Lipinski definition) is 2. The highest BCUT2D eigenvalue weighted by atomic mass is 79.9. The van der Waals surface area contributed by atoms with Gasteiger partial charge in [0.15, 0.2) is 12.4 Å². The average Bonchev–Trinajstić information content (AvgIpc) is 2.36. The Balaban J connectivity index is 0.00000400. The third kappa shape index (κ3) is 7.73. The summed E-state index contributed by atoms with van der Waals surface area (Å²) in [6.07, 6.45) is 3.96. The molecule has 0 aliphatic rings. The van der Waals surface area contributed by atoms with Gasteiger partial charge < -0.3 is 21.7 Å². The summed E-state index contributed by atoms with van der Waals surface area (Å²) in [5.74, 6) is -0.979. The molecule has 1 rings (SSSR count). The van der Waals surface area contributed by atoms with Crippen molar-refractivity contribution in [3.8, 4) is 0 Å². The third-order valence-electron chi connectivity index (χ3n) is 2.12. The fourth-order valence-electron chi connectivity index (χ4n) is 1.28. The topological polar surface area (TPSA) is 105 Å². The molecule has 10 heteroatoms. The Labute approximate surface area is 133 Å². The average molecular weight is 382 g/mol. The fraction of sp³-hybridized carbons (Fsp3) is 0.364. The summed E-state index contributed by atoms with van der Waals surface area (Å²) in [7, 11) is -3.51. The van der Waals surface area contributed by atoms with E-state index in [9.17, 15) is 18.0 Å². The number of halogens is 1. The number of sulfonamides is 1. The number of pyridine rings is 1. The second-order valence-corrected chi connectivity index (χ2v) is 5.64. The Morgan fingerprint density at radius 1 is 1.29 bits per heavy atom. The molecule has 1 aromatic rings. The molecular formula is C11H16BrN3O5S. The summed E-state index contributed by atoms with van der Waals surface area (Å²) in [5, 5.41) is 0. The zero-order chi connectivity index (χ0) is 15.2. The summed E-state index contributed by atoms with van der Waals surface area (Å²) in [6.45, 7) is 2.05. The molecule has 8 nitrogen and oxygen atoms in total. The molecule has 0 aromatic carbocycles. The first-order valence-corrected chi connectivity index (χ1v) is 7.63. The van der Waals surface area contributed by atoms with Gasteiger partial charge in [0.25, 0.3) is 5.91 Å². The minimum Gasteiger partial charge on any atom is -1.00 e. The number of nitrogens with zero attached hydrogens (tertiary/aromatic N) is 1. The maximum absolute atomic E-state index is 11.6. The van der Waals surface area contributed by atoms with Crippen molar-refractivity contribution in [3.05, 3.63) is 30.1 Å². The lowest BCUT2D eigenvalue weighted by Crippen LogP contribution is -3.00. The highest BCUT2D eigenvalue weighted by Gasteiger charge is 2.13. The van der Waals surface area contributed by atoms with Crippen LogP contribution in [0, 0.1) is 0 Å². The molecule has 2 N–H and O–H groups in total. The first-order chi connectivity index (χ1) is 9.31. The molecule has 0 aliphatic carbocycles. The number of nitrogens with one attached hydrogen (secondary N) is 2. The van der Waals surface area contributed by atoms with Crippen molar-refractivity contribution >= 4 is 21.9 Å². The summed E-state index contributed by atoms with van der Waals surface area (Å²) < 4.78 is 28.0. The van der Waals surface area contributed by atoms with Gasteiger partial charge in [0.05, 0.1) is 18.4 Å². The van der Waals surface area contributed by atoms with Crippen molar-refractivity contribution in [1.82, 2.24) is 10.3 Å². The molecule has 0 unspecified atom stereocenters. The quantitative estimate of drug-likeness (QED) is 0.295. The molecule has 0 fully saturated rings. The van der Waals surface area contributed by atoms with E-state index in [4.69, 9.17) is 4.74 Å². The van der Waals surface area contributed by atoms with Crippen LogP contribution in [0.3, 0.4) is 0 Å². The summed E-state index contributed by atoms with van der Waals surface area (Å²) in [6, 6.07) is 2.91. The maximum Gasteiger partial charge on any atom is 0.372 e. The lowest BCUT2D eigenvalue weighted by atomic mass is 10.2. The van der Waals surface area contributed by atoms with Gasteiger partial charge in [-0.2, -0.15) is 4.57 Å². The smallest absolute Gasteiger partial charge is 0.372 e. The Hall–Kier alpha value is -1.52. The van der Waals surface area contributed by atoms with Crippen LogP contribution in [0.4, 0.5) is 0 Å². The van der Waals surface area contributed by atoms with Gasteiger partial charge >= 0.3 is 5.97 Å². The van der Waals surface area contributed by atoms with E-state index in [1.165, 1.54) is 24.5 Å². The molecule has 1 amide bonds. The van der Waals surface area contributed by atoms with E-state index < -0.39 is 15.9 Å². The van der Waals surface area contributed by atoms with E-state index in [1.807, 2.05) is 10.3 Å². The largest absolute Gasteiger partial charge is 1.00 e. The number of carbonyl (C=O) groups excluding carboxylic acids is 2. The second kappa shape index (κ2) is 8.70. The first-order valence-electron chi connectivity index (χ1n) is 5.73. The predicted molar refractivity (Wildman–Crippen MR) is 68.7 cm³/mol. The zero-order valence-corrected chi connectivity index (χ0v) is 13.9. The van der Waals surface area contributed by atoms with Crippen molar-refractivity contribution in [2.75, 3.05) is 12.9 Å². The first kappa shape index (κ1) is 19.5. The SMILES string of the molecule is CCOC(=O)C[n+]1ccc(C(=O)NNS(C)(=O)=O)cc1.[Br-]. The van der Waals surface area contributed by atoms with Crippen molar-refractivity contribution in [1.29, 1.82) is 0 Å². The minimum atomic E-state index is -3.51. The van der Waals surface area contributed by atoms with E-state index >= 15 is 0 Å². The summed E-state index contributed by atoms with van der Waals surface area (Å²) >= 11 is 0. The number of rotatable bonds is 6. The van der Waals surface area contributed by atoms with E-state index in [0.717, 1.165) is 6.26 Å². The number of ether oxygens (including phenoxy) is 1. The van der Waals surface area contributed by atoms with Crippen molar-refractivity contribution in [2.45, 2.75) is 13.5 Å². The molecule has 1 heterocycles. The van der Waals surface area contributed by atoms with Crippen molar-refractivity contribution in [3.63, 3.8) is 0 Å². The van der Waals surface area contributed by atoms with E-state index in [1.54, 1.807) is 11.5 Å². The molecule has 0 saturated carbocycles. The number of hydrazine groups is 1. The molecule has 0 bridgehead atoms. The molecule has 0 atom stereocenters. The number of aromatic nitrogens is 1. The van der Waals surface area contributed by atoms with E-state index in [0.29, 0.717) is 6.61 Å². The van der Waals surface area contributed by atoms with Crippen LogP contribution in [0.5, 0.6) is 0 Å². The van der Waals surface area contributed by atoms with Crippen LogP contribution < -0.4 is 31.8 Å². The lowest BCUT2D eigenvalue weighted by Gasteiger charge is -2.04. The van der Waals surface area contributed by atoms with Crippen LogP contribution in [-0.2, 0) is 26.1 Å². The van der Waals surface area contributed by atoms with Gasteiger partial charge in [-0.05, 0) is 6.92 Å². The Kier molecular flexibility index (Phi) is 8.07. The van der Waals surface area contributed by atoms with E-state index in [2.05, 4.69) is 0 Å². The van der Waals surface area contributed by atoms with Gasteiger partial charge in [-0.25, -0.2) is 13.2 Å². The van der Waals surface area contributed by atoms with Gasteiger partial charge in [0.1, 0.15) is 0 Å². The van der Waals surface area contributed by atoms with Crippen LogP contribution >= 0.6 is 0 Å². The lowest BCUT2D eigenvalue weighted by molar-refractivity contribution is -0.686. The number of carbonyl (C=O) groups is 2. The third-order valence-corrected chi connectivity index (χ3v) is 2.59. The Morgan fingerprint density at radius 2 is 1.86 bits per heavy atom. The maximum atomic E-state index is 11.6. The monoisotopic (exact) mass is 381 g/mol. The summed E-state index contributed by atoms with van der Waals surface area (Å²) in [5.41, 5.74) is 2.29. The molecule has 118 valence electrons. The van der Waals surface area contributed by atoms with Gasteiger partial charge in [0, 0.05) is 12.1 Å². The predicted octanol–water partition coefficient (Wildman–Crippen LogP) is -4.26. The van der Waals surface area contributed by atoms with Crippen molar-refractivity contribution in [2.24, 2.45) is 0 Å². The van der Waals surface area contributed by atoms with Gasteiger partial charge in [-0.15, -0.1) is 4.83 Å². The summed E-state index contributed by atoms with van der Waals surface area (Å²) in [4.78, 5) is 24.7. The highest BCUT2D eigenvalue weighted by Crippen LogP contribution is 1.94. The van der Waals surface area contributed by atoms with Crippen LogP contribution in [-0.4, -0.2) is 33.2 Å². The molecule has 21 heavy (non-hydrogen) atoms. The van der Waals surface area contributed by atoms with Crippen molar-refractivity contribution < 1.29 is 44.3 Å². The number of esters is 1. The van der Waals surface area contributed by atoms with Gasteiger partial charge in [-0.1, -0.05) is 0 Å². The highest BCUT2D eigenvalue weighted by molar-refractivity contribution is 7.88. The molecule has 0 radical (unpaired) electrons. The Morgan fingerprint density at radius 3 is 2.33 bits per heavy atom. The molecule has 1 aromatic heterocycles. The number of hydrogen-bond acceptors (Lipinski definition) is 5. The molecular weight excluding hydrogens is 366 g/mol. The van der Waals surface area contributed by atoms with Gasteiger partial charge in [0.2, 0.25) is 16.6 Å². The van der Waals surface area contributed by atoms with Crippen LogP contribution in [0.25, 0.3) is 0 Å². The minimum absolute atomic E-state index is 0. The van der Waals surface area contributed by atoms with Gasteiger partial charge in [-0.3, -0.25) is 10.2 Å². The van der Waals surface area contributed by atoms with Crippen LogP contribution in [0.15, 0.2) is 24.5 Å². The normalized spacial score (nSPS) is 10.4. The van der Waals surface area contributed by atoms with E-state index in [-0.39, 0.29) is 35.1 Å². The standard InChI is InChI=1S/C11H15N3O5S.BrH/c1-3-19-10(15)8-14-6-4-9(5-7-14)11(16)12-13-20(2,17)18;/h4-7,16H,3,8H2,1-2H3;1H. The fourth-order valence-corrected chi connectivity index (χ4v) is 1.56. The zero-order valence-electron chi connectivity index (χ0n) is 11.5. The van der Waals surface area contributed by atoms with Crippen LogP contribution in [0.2, 0.25) is 0 Å².